The Bertz CT molecular complexity index is 762. The molecule has 0 spiro atoms. The largest absolute Gasteiger partial charge is 0.389 e. The third-order valence-electron chi connectivity index (χ3n) is 5.53. The summed E-state index contributed by atoms with van der Waals surface area (Å²) in [5.41, 5.74) is 7.49. The first-order valence-electron chi connectivity index (χ1n) is 11.8. The predicted octanol–water partition coefficient (Wildman–Crippen LogP) is 7.63. The van der Waals surface area contributed by atoms with Gasteiger partial charge >= 0.3 is 0 Å². The second-order valence-corrected chi connectivity index (χ2v) is 9.72. The molecule has 176 valence electrons. The number of aliphatic hydroxyl groups is 2. The number of hydrogen-bond donors (Lipinski definition) is 2. The van der Waals surface area contributed by atoms with E-state index in [4.69, 9.17) is 0 Å². The van der Waals surface area contributed by atoms with Crippen molar-refractivity contribution in [3.63, 3.8) is 0 Å². The second kappa shape index (κ2) is 14.1. The van der Waals surface area contributed by atoms with E-state index in [0.29, 0.717) is 11.8 Å². The fraction of sp³-hybridized carbons (Fsp3) is 0.467. The first-order valence-corrected chi connectivity index (χ1v) is 11.8. The first kappa shape index (κ1) is 27.9. The predicted molar refractivity (Wildman–Crippen MR) is 139 cm³/mol. The van der Waals surface area contributed by atoms with Gasteiger partial charge in [-0.25, -0.2) is 0 Å². The molecule has 2 nitrogen and oxygen atoms in total. The van der Waals surface area contributed by atoms with Gasteiger partial charge in [0.25, 0.3) is 0 Å². The number of benzene rings is 2. The fourth-order valence-corrected chi connectivity index (χ4v) is 3.69. The molecule has 0 aromatic heterocycles. The van der Waals surface area contributed by atoms with Gasteiger partial charge in [0, 0.05) is 0 Å². The van der Waals surface area contributed by atoms with Crippen molar-refractivity contribution in [2.45, 2.75) is 92.3 Å². The Kier molecular flexibility index (Phi) is 12.3. The molecule has 3 unspecified atom stereocenters. The lowest BCUT2D eigenvalue weighted by molar-refractivity contribution is 0.203. The summed E-state index contributed by atoms with van der Waals surface area (Å²) in [4.78, 5) is 0. The molecule has 0 aliphatic rings. The normalized spacial score (nSPS) is 14.3. The number of rotatable bonds is 8. The summed E-state index contributed by atoms with van der Waals surface area (Å²) in [6, 6.07) is 17.1. The highest BCUT2D eigenvalue weighted by molar-refractivity contribution is 5.25. The van der Waals surface area contributed by atoms with E-state index in [1.807, 2.05) is 39.8 Å². The summed E-state index contributed by atoms with van der Waals surface area (Å²) < 4.78 is 0. The molecule has 0 heterocycles. The minimum atomic E-state index is -0.332. The van der Waals surface area contributed by atoms with E-state index < -0.39 is 0 Å². The van der Waals surface area contributed by atoms with Crippen molar-refractivity contribution in [2.75, 3.05) is 0 Å². The summed E-state index contributed by atoms with van der Waals surface area (Å²) >= 11 is 0. The van der Waals surface area contributed by atoms with Crippen LogP contribution in [0.25, 0.3) is 0 Å². The summed E-state index contributed by atoms with van der Waals surface area (Å²) in [5, 5.41) is 19.7. The van der Waals surface area contributed by atoms with E-state index in [9.17, 15) is 10.2 Å². The van der Waals surface area contributed by atoms with Crippen LogP contribution in [0.1, 0.15) is 88.5 Å². The standard InChI is InChI=1S/2C15H22O/c2*1-11(2)9-15(16)10-13(4)14-7-5-12(3)6-8-14/h2*5-9,13,15-16H,10H2,1-4H3/t13-,15?;/m0./s1. The average molecular weight is 437 g/mol. The third-order valence-corrected chi connectivity index (χ3v) is 5.53. The van der Waals surface area contributed by atoms with Gasteiger partial charge in [-0.3, -0.25) is 0 Å². The molecular formula is C30H44O2. The molecule has 4 atom stereocenters. The van der Waals surface area contributed by atoms with Crippen molar-refractivity contribution in [3.8, 4) is 0 Å². The van der Waals surface area contributed by atoms with Crippen molar-refractivity contribution >= 4 is 0 Å². The van der Waals surface area contributed by atoms with Gasteiger partial charge in [-0.05, 0) is 77.3 Å². The molecule has 0 aliphatic heterocycles. The van der Waals surface area contributed by atoms with Crippen LogP contribution in [0.4, 0.5) is 0 Å². The molecule has 2 rings (SSSR count). The Hall–Kier alpha value is -2.16. The number of hydrogen-bond acceptors (Lipinski definition) is 2. The number of aliphatic hydroxyl groups excluding tert-OH is 2. The van der Waals surface area contributed by atoms with Gasteiger partial charge in [-0.15, -0.1) is 0 Å². The van der Waals surface area contributed by atoms with Crippen LogP contribution in [0.5, 0.6) is 0 Å². The quantitative estimate of drug-likeness (QED) is 0.418. The maximum atomic E-state index is 9.83. The maximum absolute atomic E-state index is 9.83. The highest BCUT2D eigenvalue weighted by Crippen LogP contribution is 2.22. The molecule has 32 heavy (non-hydrogen) atoms. The minimum Gasteiger partial charge on any atom is -0.389 e. The highest BCUT2D eigenvalue weighted by Gasteiger charge is 2.11. The van der Waals surface area contributed by atoms with Crippen LogP contribution in [-0.2, 0) is 0 Å². The monoisotopic (exact) mass is 436 g/mol. The Morgan fingerprint density at radius 1 is 0.625 bits per heavy atom. The van der Waals surface area contributed by atoms with Crippen LogP contribution in [0.2, 0.25) is 0 Å². The molecule has 2 N–H and O–H groups in total. The van der Waals surface area contributed by atoms with Crippen molar-refractivity contribution in [1.29, 1.82) is 0 Å². The summed E-state index contributed by atoms with van der Waals surface area (Å²) in [6.07, 6.45) is 4.75. The Morgan fingerprint density at radius 3 is 1.16 bits per heavy atom. The highest BCUT2D eigenvalue weighted by atomic mass is 16.3. The lowest BCUT2D eigenvalue weighted by atomic mass is 9.94. The molecule has 0 amide bonds. The molecule has 2 heteroatoms. The molecule has 0 radical (unpaired) electrons. The zero-order valence-electron chi connectivity index (χ0n) is 21.4. The fourth-order valence-electron chi connectivity index (χ4n) is 3.69. The minimum absolute atomic E-state index is 0.332. The van der Waals surface area contributed by atoms with Gasteiger partial charge in [0.1, 0.15) is 0 Å². The Morgan fingerprint density at radius 2 is 0.906 bits per heavy atom. The smallest absolute Gasteiger partial charge is 0.0729 e. The van der Waals surface area contributed by atoms with Crippen LogP contribution < -0.4 is 0 Å². The van der Waals surface area contributed by atoms with Crippen LogP contribution >= 0.6 is 0 Å². The number of allylic oxidation sites excluding steroid dienone is 2. The van der Waals surface area contributed by atoms with Crippen LogP contribution in [0.15, 0.2) is 71.8 Å². The van der Waals surface area contributed by atoms with E-state index in [1.54, 1.807) is 0 Å². The molecule has 0 fully saturated rings. The van der Waals surface area contributed by atoms with E-state index in [1.165, 1.54) is 33.4 Å². The third kappa shape index (κ3) is 11.5. The second-order valence-electron chi connectivity index (χ2n) is 9.72. The molecule has 0 saturated heterocycles. The molecule has 0 saturated carbocycles. The Labute approximate surface area is 196 Å². The van der Waals surface area contributed by atoms with E-state index in [2.05, 4.69) is 76.2 Å². The van der Waals surface area contributed by atoms with Gasteiger partial charge < -0.3 is 10.2 Å². The topological polar surface area (TPSA) is 40.5 Å². The molecular weight excluding hydrogens is 392 g/mol. The first-order chi connectivity index (χ1) is 15.0. The average Bonchev–Trinajstić information content (AvgIpc) is 2.68. The number of aryl methyl sites for hydroxylation is 2. The van der Waals surface area contributed by atoms with Crippen molar-refractivity contribution in [3.05, 3.63) is 94.1 Å². The van der Waals surface area contributed by atoms with E-state index in [-0.39, 0.29) is 12.2 Å². The zero-order valence-corrected chi connectivity index (χ0v) is 21.4. The molecule has 0 aliphatic carbocycles. The van der Waals surface area contributed by atoms with Crippen molar-refractivity contribution < 1.29 is 10.2 Å². The van der Waals surface area contributed by atoms with Gasteiger partial charge in [-0.2, -0.15) is 0 Å². The Balaban J connectivity index is 0.000000320. The van der Waals surface area contributed by atoms with Gasteiger partial charge in [0.05, 0.1) is 12.2 Å². The summed E-state index contributed by atoms with van der Waals surface area (Å²) in [6.45, 7) is 16.6. The van der Waals surface area contributed by atoms with Gasteiger partial charge in [0.2, 0.25) is 0 Å². The summed E-state index contributed by atoms with van der Waals surface area (Å²) in [7, 11) is 0. The molecule has 0 bridgehead atoms. The van der Waals surface area contributed by atoms with Gasteiger partial charge in [-0.1, -0.05) is 96.8 Å². The lowest BCUT2D eigenvalue weighted by Crippen LogP contribution is -2.08. The zero-order chi connectivity index (χ0) is 24.3. The van der Waals surface area contributed by atoms with E-state index in [0.717, 1.165) is 12.8 Å². The van der Waals surface area contributed by atoms with E-state index >= 15 is 0 Å². The SMILES string of the molecule is CC(C)=CC(O)CC(C)c1ccc(C)cc1.CC(C)=CC(O)C[C@H](C)c1ccc(C)cc1. The lowest BCUT2D eigenvalue weighted by Gasteiger charge is -2.15. The van der Waals surface area contributed by atoms with Crippen LogP contribution in [0.3, 0.4) is 0 Å². The van der Waals surface area contributed by atoms with Gasteiger partial charge in [0.15, 0.2) is 0 Å². The van der Waals surface area contributed by atoms with Crippen molar-refractivity contribution in [1.82, 2.24) is 0 Å². The molecule has 2 aromatic carbocycles. The maximum Gasteiger partial charge on any atom is 0.0729 e. The summed E-state index contributed by atoms with van der Waals surface area (Å²) in [5.74, 6) is 0.789. The molecule has 2 aromatic rings. The van der Waals surface area contributed by atoms with Crippen LogP contribution in [-0.4, -0.2) is 22.4 Å². The van der Waals surface area contributed by atoms with Crippen molar-refractivity contribution in [2.24, 2.45) is 0 Å². The van der Waals surface area contributed by atoms with Crippen LogP contribution in [0, 0.1) is 13.8 Å².